The minimum atomic E-state index is 0.586. The van der Waals surface area contributed by atoms with Crippen LogP contribution in [-0.2, 0) is 12.8 Å². The van der Waals surface area contributed by atoms with Crippen LogP contribution in [0.15, 0.2) is 42.6 Å². The number of hydrogen-bond acceptors (Lipinski definition) is 6. The number of pyridine rings is 1. The van der Waals surface area contributed by atoms with Gasteiger partial charge in [-0.25, -0.2) is 9.67 Å². The van der Waals surface area contributed by atoms with Crippen LogP contribution in [0.25, 0.3) is 27.5 Å². The van der Waals surface area contributed by atoms with Crippen molar-refractivity contribution in [3.63, 3.8) is 0 Å². The van der Waals surface area contributed by atoms with Crippen LogP contribution < -0.4 is 5.73 Å². The summed E-state index contributed by atoms with van der Waals surface area (Å²) in [5.74, 6) is 0. The highest BCUT2D eigenvalue weighted by molar-refractivity contribution is 7.18. The minimum Gasteiger partial charge on any atom is -0.375 e. The van der Waals surface area contributed by atoms with E-state index in [2.05, 4.69) is 16.0 Å². The van der Waals surface area contributed by atoms with Crippen molar-refractivity contribution in [2.75, 3.05) is 5.73 Å². The third-order valence-corrected chi connectivity index (χ3v) is 5.95. The number of aryl methyl sites for hydroxylation is 2. The first kappa shape index (κ1) is 16.8. The van der Waals surface area contributed by atoms with Crippen LogP contribution in [0.4, 0.5) is 5.13 Å². The van der Waals surface area contributed by atoms with Crippen molar-refractivity contribution in [3.05, 3.63) is 65.1 Å². The third-order valence-electron chi connectivity index (χ3n) is 5.01. The van der Waals surface area contributed by atoms with Crippen molar-refractivity contribution in [1.29, 1.82) is 5.41 Å². The maximum Gasteiger partial charge on any atom is 0.180 e. The van der Waals surface area contributed by atoms with E-state index >= 15 is 0 Å². The third kappa shape index (κ3) is 2.63. The first-order valence-corrected chi connectivity index (χ1v) is 9.87. The quantitative estimate of drug-likeness (QED) is 0.520. The second kappa shape index (κ2) is 6.38. The van der Waals surface area contributed by atoms with E-state index in [0.717, 1.165) is 57.3 Å². The Morgan fingerprint density at radius 3 is 2.68 bits per heavy atom. The van der Waals surface area contributed by atoms with E-state index in [1.807, 2.05) is 48.1 Å². The molecule has 1 aromatic carbocycles. The molecule has 5 rings (SSSR count). The van der Waals surface area contributed by atoms with Gasteiger partial charge in [0.1, 0.15) is 0 Å². The van der Waals surface area contributed by atoms with Crippen LogP contribution in [0.3, 0.4) is 0 Å². The Balaban J connectivity index is 1.76. The maximum atomic E-state index is 7.43. The lowest BCUT2D eigenvalue weighted by Crippen LogP contribution is -2.06. The normalized spacial score (nSPS) is 12.5. The molecule has 0 bridgehead atoms. The molecule has 3 aromatic heterocycles. The number of nitrogen functional groups attached to an aromatic ring is 1. The van der Waals surface area contributed by atoms with Crippen molar-refractivity contribution in [1.82, 2.24) is 19.7 Å². The van der Waals surface area contributed by atoms with Crippen molar-refractivity contribution in [2.45, 2.75) is 19.8 Å². The van der Waals surface area contributed by atoms with Gasteiger partial charge in [-0.05, 0) is 49.6 Å². The average Bonchev–Trinajstić information content (AvgIpc) is 3.28. The molecule has 0 saturated carbocycles. The summed E-state index contributed by atoms with van der Waals surface area (Å²) in [7, 11) is 0. The molecule has 138 valence electrons. The lowest BCUT2D eigenvalue weighted by molar-refractivity contribution is 0.872. The lowest BCUT2D eigenvalue weighted by Gasteiger charge is -2.14. The van der Waals surface area contributed by atoms with Gasteiger partial charge in [-0.2, -0.15) is 5.10 Å². The van der Waals surface area contributed by atoms with Crippen molar-refractivity contribution in [3.8, 4) is 27.5 Å². The van der Waals surface area contributed by atoms with Gasteiger partial charge in [0.05, 0.1) is 27.6 Å². The van der Waals surface area contributed by atoms with Crippen molar-refractivity contribution in [2.24, 2.45) is 0 Å². The second-order valence-corrected chi connectivity index (χ2v) is 7.87. The first-order valence-electron chi connectivity index (χ1n) is 9.05. The molecule has 0 radical (unpaired) electrons. The number of nitrogens with one attached hydrogen (secondary N) is 1. The number of thiazole rings is 1. The summed E-state index contributed by atoms with van der Waals surface area (Å²) in [6.07, 6.45) is 4.96. The van der Waals surface area contributed by atoms with Crippen LogP contribution in [-0.4, -0.2) is 26.0 Å². The molecular weight excluding hydrogens is 368 g/mol. The highest BCUT2D eigenvalue weighted by Gasteiger charge is 2.29. The lowest BCUT2D eigenvalue weighted by atomic mass is 9.95. The van der Waals surface area contributed by atoms with E-state index in [-0.39, 0.29) is 0 Å². The summed E-state index contributed by atoms with van der Waals surface area (Å²) in [5.41, 5.74) is 14.1. The number of fused-ring (bicyclic) bond motifs is 3. The molecule has 3 heterocycles. The predicted molar refractivity (Wildman–Crippen MR) is 112 cm³/mol. The van der Waals surface area contributed by atoms with E-state index in [1.165, 1.54) is 23.1 Å². The fraction of sp³-hybridized carbons (Fsp3) is 0.143. The van der Waals surface area contributed by atoms with Gasteiger partial charge in [0.15, 0.2) is 5.13 Å². The molecule has 0 unspecified atom stereocenters. The van der Waals surface area contributed by atoms with Crippen LogP contribution in [0.5, 0.6) is 0 Å². The van der Waals surface area contributed by atoms with Gasteiger partial charge in [0.25, 0.3) is 0 Å². The van der Waals surface area contributed by atoms with Gasteiger partial charge in [-0.1, -0.05) is 23.5 Å². The van der Waals surface area contributed by atoms with Crippen molar-refractivity contribution >= 4 is 22.7 Å². The summed E-state index contributed by atoms with van der Waals surface area (Å²) in [6, 6.07) is 11.9. The van der Waals surface area contributed by atoms with Crippen LogP contribution in [0, 0.1) is 12.3 Å². The number of rotatable bonds is 3. The predicted octanol–water partition coefficient (Wildman–Crippen LogP) is 4.04. The molecule has 6 nitrogen and oxygen atoms in total. The van der Waals surface area contributed by atoms with Crippen LogP contribution in [0.1, 0.15) is 22.5 Å². The molecule has 0 amide bonds. The van der Waals surface area contributed by atoms with Gasteiger partial charge in [0.2, 0.25) is 0 Å². The Kier molecular flexibility index (Phi) is 3.84. The van der Waals surface area contributed by atoms with Crippen LogP contribution in [0.2, 0.25) is 0 Å². The Bertz CT molecular complexity index is 1190. The summed E-state index contributed by atoms with van der Waals surface area (Å²) in [5, 5.41) is 13.0. The molecule has 7 heteroatoms. The molecule has 1 aliphatic carbocycles. The van der Waals surface area contributed by atoms with Gasteiger partial charge >= 0.3 is 0 Å². The molecule has 0 saturated heterocycles. The Morgan fingerprint density at radius 1 is 1.14 bits per heavy atom. The summed E-state index contributed by atoms with van der Waals surface area (Å²) < 4.78 is 1.98. The summed E-state index contributed by atoms with van der Waals surface area (Å²) in [6.45, 7) is 1.98. The molecular formula is C21H18N6S. The summed E-state index contributed by atoms with van der Waals surface area (Å²) in [4.78, 5) is 10.1. The number of nitrogens with two attached hydrogens (primary N) is 1. The number of aromatic nitrogens is 4. The second-order valence-electron chi connectivity index (χ2n) is 6.84. The van der Waals surface area contributed by atoms with Crippen molar-refractivity contribution < 1.29 is 0 Å². The Hall–Kier alpha value is -3.32. The van der Waals surface area contributed by atoms with Gasteiger partial charge in [-0.3, -0.25) is 4.98 Å². The van der Waals surface area contributed by atoms with Crippen LogP contribution >= 0.6 is 11.3 Å². The molecule has 4 aromatic rings. The highest BCUT2D eigenvalue weighted by Crippen LogP contribution is 2.43. The SMILES string of the molecule is Cc1ccc(-c2nn(-c3ccc(C=N)cc3)c3c2CCc2nc(N)sc2-3)cn1. The Morgan fingerprint density at radius 2 is 1.96 bits per heavy atom. The summed E-state index contributed by atoms with van der Waals surface area (Å²) >= 11 is 1.51. The van der Waals surface area contributed by atoms with Gasteiger partial charge in [0, 0.05) is 29.2 Å². The molecule has 0 aliphatic heterocycles. The zero-order chi connectivity index (χ0) is 19.3. The fourth-order valence-corrected chi connectivity index (χ4v) is 4.56. The zero-order valence-corrected chi connectivity index (χ0v) is 16.1. The number of benzene rings is 1. The van der Waals surface area contributed by atoms with E-state index in [4.69, 9.17) is 16.2 Å². The van der Waals surface area contributed by atoms with Gasteiger partial charge in [-0.15, -0.1) is 0 Å². The largest absolute Gasteiger partial charge is 0.375 e. The Labute approximate surface area is 166 Å². The molecule has 0 fully saturated rings. The zero-order valence-electron chi connectivity index (χ0n) is 15.3. The monoisotopic (exact) mass is 386 g/mol. The highest BCUT2D eigenvalue weighted by atomic mass is 32.1. The topological polar surface area (TPSA) is 93.5 Å². The molecule has 0 spiro atoms. The fourth-order valence-electron chi connectivity index (χ4n) is 3.63. The molecule has 28 heavy (non-hydrogen) atoms. The minimum absolute atomic E-state index is 0.586. The standard InChI is InChI=1S/C21H18N6S/c1-12-2-5-14(11-24-12)18-16-8-9-17-20(28-21(23)25-17)19(16)27(26-18)15-6-3-13(10-22)4-7-15/h2-7,10-11,22H,8-9H2,1H3,(H2,23,25). The molecule has 0 atom stereocenters. The smallest absolute Gasteiger partial charge is 0.180 e. The molecule has 3 N–H and O–H groups in total. The number of anilines is 1. The van der Waals surface area contributed by atoms with E-state index in [1.54, 1.807) is 0 Å². The maximum absolute atomic E-state index is 7.43. The van der Waals surface area contributed by atoms with Gasteiger partial charge < -0.3 is 11.1 Å². The first-order chi connectivity index (χ1) is 13.6. The number of nitrogens with zero attached hydrogens (tertiary/aromatic N) is 4. The number of hydrogen-bond donors (Lipinski definition) is 2. The van der Waals surface area contributed by atoms with E-state index in [0.29, 0.717) is 5.13 Å². The van der Waals surface area contributed by atoms with E-state index < -0.39 is 0 Å². The molecule has 1 aliphatic rings. The van der Waals surface area contributed by atoms with E-state index in [9.17, 15) is 0 Å². The average molecular weight is 386 g/mol.